The van der Waals surface area contributed by atoms with E-state index in [1.165, 1.54) is 43.4 Å². The fourth-order valence-electron chi connectivity index (χ4n) is 4.31. The largest absolute Gasteiger partial charge is 0.497 e. The zero-order valence-corrected chi connectivity index (χ0v) is 17.5. The van der Waals surface area contributed by atoms with Crippen molar-refractivity contribution in [1.82, 2.24) is 9.47 Å². The van der Waals surface area contributed by atoms with Gasteiger partial charge in [0.1, 0.15) is 5.75 Å². The molecule has 4 heteroatoms. The first kappa shape index (κ1) is 20.9. The molecule has 0 amide bonds. The van der Waals surface area contributed by atoms with E-state index < -0.39 is 0 Å². The number of methoxy groups -OCH3 is 1. The first-order chi connectivity index (χ1) is 13.7. The van der Waals surface area contributed by atoms with Crippen molar-refractivity contribution in [1.29, 1.82) is 0 Å². The predicted octanol–water partition coefficient (Wildman–Crippen LogP) is 4.70. The Kier molecular flexibility index (Phi) is 7.99. The second-order valence-corrected chi connectivity index (χ2v) is 8.24. The number of benzene rings is 1. The van der Waals surface area contributed by atoms with E-state index in [1.807, 2.05) is 12.1 Å². The van der Waals surface area contributed by atoms with Crippen LogP contribution in [0.4, 0.5) is 0 Å². The van der Waals surface area contributed by atoms with Crippen molar-refractivity contribution in [3.63, 3.8) is 0 Å². The lowest BCUT2D eigenvalue weighted by atomic mass is 9.89. The van der Waals surface area contributed by atoms with Gasteiger partial charge in [-0.15, -0.1) is 0 Å². The number of ether oxygens (including phenoxy) is 1. The highest BCUT2D eigenvalue weighted by atomic mass is 16.5. The summed E-state index contributed by atoms with van der Waals surface area (Å²) in [5.41, 5.74) is 2.55. The topological polar surface area (TPSA) is 37.6 Å². The van der Waals surface area contributed by atoms with Gasteiger partial charge < -0.3 is 14.4 Å². The van der Waals surface area contributed by atoms with Crippen molar-refractivity contribution in [2.45, 2.75) is 64.6 Å². The van der Waals surface area contributed by atoms with Gasteiger partial charge >= 0.3 is 0 Å². The standard InChI is InChI=1S/C24H36N2O2/c1-3-23(27)19-25(16-20-9-5-4-6-10-20)18-22-12-8-14-26(22)17-21-11-7-13-24(15-21)28-2/h7-8,11-15,20,23,27H,3-6,9-10,16-19H2,1-2H3. The minimum atomic E-state index is -0.245. The zero-order valence-electron chi connectivity index (χ0n) is 17.5. The maximum atomic E-state index is 10.3. The van der Waals surface area contributed by atoms with Gasteiger partial charge in [0.2, 0.25) is 0 Å². The summed E-state index contributed by atoms with van der Waals surface area (Å²) in [6.07, 6.45) is 9.51. The lowest BCUT2D eigenvalue weighted by Crippen LogP contribution is -2.36. The summed E-state index contributed by atoms with van der Waals surface area (Å²) in [6, 6.07) is 12.6. The number of aromatic nitrogens is 1. The minimum absolute atomic E-state index is 0.245. The third-order valence-corrected chi connectivity index (χ3v) is 5.98. The molecular formula is C24H36N2O2. The van der Waals surface area contributed by atoms with E-state index in [4.69, 9.17) is 4.74 Å². The van der Waals surface area contributed by atoms with E-state index in [0.717, 1.165) is 44.3 Å². The quantitative estimate of drug-likeness (QED) is 0.645. The van der Waals surface area contributed by atoms with Crippen LogP contribution in [0, 0.1) is 5.92 Å². The molecule has 0 radical (unpaired) electrons. The van der Waals surface area contributed by atoms with Crippen LogP contribution >= 0.6 is 0 Å². The Bertz CT molecular complexity index is 706. The van der Waals surface area contributed by atoms with E-state index in [-0.39, 0.29) is 6.10 Å². The van der Waals surface area contributed by atoms with E-state index in [0.29, 0.717) is 0 Å². The van der Waals surface area contributed by atoms with Gasteiger partial charge in [0.25, 0.3) is 0 Å². The third kappa shape index (κ3) is 6.11. The molecule has 1 fully saturated rings. The average Bonchev–Trinajstić information content (AvgIpc) is 3.15. The third-order valence-electron chi connectivity index (χ3n) is 5.98. The van der Waals surface area contributed by atoms with Crippen molar-refractivity contribution < 1.29 is 9.84 Å². The second-order valence-electron chi connectivity index (χ2n) is 8.24. The maximum Gasteiger partial charge on any atom is 0.119 e. The summed E-state index contributed by atoms with van der Waals surface area (Å²) in [4.78, 5) is 2.47. The van der Waals surface area contributed by atoms with Crippen LogP contribution in [0.25, 0.3) is 0 Å². The first-order valence-corrected chi connectivity index (χ1v) is 10.8. The lowest BCUT2D eigenvalue weighted by molar-refractivity contribution is 0.0889. The van der Waals surface area contributed by atoms with Crippen LogP contribution in [0.15, 0.2) is 42.6 Å². The predicted molar refractivity (Wildman–Crippen MR) is 115 cm³/mol. The fraction of sp³-hybridized carbons (Fsp3) is 0.583. The van der Waals surface area contributed by atoms with Crippen LogP contribution in [0.3, 0.4) is 0 Å². The molecule has 0 bridgehead atoms. The van der Waals surface area contributed by atoms with Crippen LogP contribution in [0.2, 0.25) is 0 Å². The molecule has 1 N–H and O–H groups in total. The van der Waals surface area contributed by atoms with Crippen LogP contribution in [0.5, 0.6) is 5.75 Å². The maximum absolute atomic E-state index is 10.3. The molecule has 0 saturated heterocycles. The molecule has 0 aliphatic heterocycles. The normalized spacial score (nSPS) is 16.4. The summed E-state index contributed by atoms with van der Waals surface area (Å²) in [6.45, 7) is 5.66. The molecule has 2 aromatic rings. The Hall–Kier alpha value is -1.78. The van der Waals surface area contributed by atoms with Gasteiger partial charge in [-0.3, -0.25) is 4.90 Å². The number of hydrogen-bond donors (Lipinski definition) is 1. The molecule has 3 rings (SSSR count). The average molecular weight is 385 g/mol. The molecular weight excluding hydrogens is 348 g/mol. The molecule has 1 aromatic carbocycles. The van der Waals surface area contributed by atoms with Gasteiger partial charge in [-0.2, -0.15) is 0 Å². The smallest absolute Gasteiger partial charge is 0.119 e. The molecule has 1 heterocycles. The molecule has 28 heavy (non-hydrogen) atoms. The Labute approximate surface area is 170 Å². The summed E-state index contributed by atoms with van der Waals surface area (Å²) in [7, 11) is 1.71. The summed E-state index contributed by atoms with van der Waals surface area (Å²) in [5, 5.41) is 10.3. The van der Waals surface area contributed by atoms with Crippen molar-refractivity contribution in [3.05, 3.63) is 53.9 Å². The molecule has 1 aliphatic rings. The van der Waals surface area contributed by atoms with E-state index in [2.05, 4.69) is 46.9 Å². The van der Waals surface area contributed by atoms with Crippen molar-refractivity contribution in [3.8, 4) is 5.75 Å². The Morgan fingerprint density at radius 2 is 2.00 bits per heavy atom. The van der Waals surface area contributed by atoms with Gasteiger partial charge in [0, 0.05) is 38.1 Å². The minimum Gasteiger partial charge on any atom is -0.497 e. The van der Waals surface area contributed by atoms with E-state index in [1.54, 1.807) is 7.11 Å². The van der Waals surface area contributed by atoms with E-state index >= 15 is 0 Å². The van der Waals surface area contributed by atoms with Crippen LogP contribution in [-0.4, -0.2) is 40.9 Å². The first-order valence-electron chi connectivity index (χ1n) is 10.8. The summed E-state index contributed by atoms with van der Waals surface area (Å²) < 4.78 is 7.68. The van der Waals surface area contributed by atoms with Crippen LogP contribution < -0.4 is 4.74 Å². The lowest BCUT2D eigenvalue weighted by Gasteiger charge is -2.31. The molecule has 154 valence electrons. The van der Waals surface area contributed by atoms with E-state index in [9.17, 15) is 5.11 Å². The Morgan fingerprint density at radius 1 is 1.18 bits per heavy atom. The van der Waals surface area contributed by atoms with Gasteiger partial charge in [-0.1, -0.05) is 38.3 Å². The number of rotatable bonds is 10. The Morgan fingerprint density at radius 3 is 2.75 bits per heavy atom. The monoisotopic (exact) mass is 384 g/mol. The molecule has 1 atom stereocenters. The zero-order chi connectivity index (χ0) is 19.8. The molecule has 0 spiro atoms. The van der Waals surface area contributed by atoms with Gasteiger partial charge in [0.05, 0.1) is 13.2 Å². The van der Waals surface area contributed by atoms with Crippen LogP contribution in [0.1, 0.15) is 56.7 Å². The number of aliphatic hydroxyl groups is 1. The van der Waals surface area contributed by atoms with Gasteiger partial charge in [-0.25, -0.2) is 0 Å². The molecule has 4 nitrogen and oxygen atoms in total. The molecule has 1 aromatic heterocycles. The van der Waals surface area contributed by atoms with Crippen molar-refractivity contribution >= 4 is 0 Å². The fourth-order valence-corrected chi connectivity index (χ4v) is 4.31. The number of aliphatic hydroxyl groups excluding tert-OH is 1. The molecule has 1 aliphatic carbocycles. The van der Waals surface area contributed by atoms with Crippen molar-refractivity contribution in [2.24, 2.45) is 5.92 Å². The Balaban J connectivity index is 1.68. The summed E-state index contributed by atoms with van der Waals surface area (Å²) >= 11 is 0. The highest BCUT2D eigenvalue weighted by Gasteiger charge is 2.20. The number of hydrogen-bond acceptors (Lipinski definition) is 3. The highest BCUT2D eigenvalue weighted by Crippen LogP contribution is 2.25. The molecule has 1 saturated carbocycles. The highest BCUT2D eigenvalue weighted by molar-refractivity contribution is 5.29. The second kappa shape index (κ2) is 10.7. The summed E-state index contributed by atoms with van der Waals surface area (Å²) in [5.74, 6) is 1.68. The van der Waals surface area contributed by atoms with Gasteiger partial charge in [-0.05, 0) is 55.0 Å². The number of nitrogens with zero attached hydrogens (tertiary/aromatic N) is 2. The van der Waals surface area contributed by atoms with Crippen molar-refractivity contribution in [2.75, 3.05) is 20.2 Å². The van der Waals surface area contributed by atoms with Gasteiger partial charge in [0.15, 0.2) is 0 Å². The van der Waals surface area contributed by atoms with Crippen LogP contribution in [-0.2, 0) is 13.1 Å². The molecule has 1 unspecified atom stereocenters. The SMILES string of the molecule is CCC(O)CN(Cc1cccn1Cc1cccc(OC)c1)CC1CCCCC1.